The normalized spacial score (nSPS) is 13.6. The maximum atomic E-state index is 12.4. The third-order valence-electron chi connectivity index (χ3n) is 3.01. The fraction of sp³-hybridized carbons (Fsp3) is 0.200. The van der Waals surface area contributed by atoms with E-state index in [0.717, 1.165) is 5.56 Å². The van der Waals surface area contributed by atoms with Crippen molar-refractivity contribution in [2.24, 2.45) is 0 Å². The second-order valence-electron chi connectivity index (χ2n) is 4.51. The molecule has 0 aliphatic heterocycles. The zero-order valence-electron chi connectivity index (χ0n) is 11.1. The summed E-state index contributed by atoms with van der Waals surface area (Å²) in [4.78, 5) is 15.2. The van der Waals surface area contributed by atoms with Crippen LogP contribution in [-0.2, 0) is 27.8 Å². The fourth-order valence-corrected chi connectivity index (χ4v) is 3.52. The number of aliphatic carboxylic acids is 1. The number of hydrogen-bond donors (Lipinski definition) is 1. The summed E-state index contributed by atoms with van der Waals surface area (Å²) < 4.78 is 12.4. The Balaban J connectivity index is 2.13. The Morgan fingerprint density at radius 3 is 2.62 bits per heavy atom. The lowest BCUT2D eigenvalue weighted by molar-refractivity contribution is -0.136. The first-order valence-electron chi connectivity index (χ1n) is 6.30. The van der Waals surface area contributed by atoms with Gasteiger partial charge in [-0.3, -0.25) is 14.0 Å². The van der Waals surface area contributed by atoms with Crippen LogP contribution in [0.2, 0.25) is 5.02 Å². The summed E-state index contributed by atoms with van der Waals surface area (Å²) >= 11 is 5.97. The number of pyridine rings is 1. The Bertz CT molecular complexity index is 648. The number of halogens is 1. The number of hydrogen-bond acceptors (Lipinski definition) is 3. The molecular formula is C15H14ClNO3S. The van der Waals surface area contributed by atoms with Crippen LogP contribution < -0.4 is 0 Å². The molecule has 1 aromatic heterocycles. The molecule has 0 amide bonds. The van der Waals surface area contributed by atoms with Gasteiger partial charge in [0.1, 0.15) is 5.25 Å². The maximum Gasteiger partial charge on any atom is 0.319 e. The van der Waals surface area contributed by atoms with Gasteiger partial charge in [-0.1, -0.05) is 41.9 Å². The quantitative estimate of drug-likeness (QED) is 0.887. The number of rotatable bonds is 6. The lowest BCUT2D eigenvalue weighted by Crippen LogP contribution is -2.29. The van der Waals surface area contributed by atoms with Gasteiger partial charge in [0.25, 0.3) is 0 Å². The molecule has 2 atom stereocenters. The van der Waals surface area contributed by atoms with Gasteiger partial charge in [-0.05, 0) is 23.6 Å². The zero-order chi connectivity index (χ0) is 15.2. The number of benzene rings is 1. The summed E-state index contributed by atoms with van der Waals surface area (Å²) in [5.41, 5.74) is 1.49. The first kappa shape index (κ1) is 15.7. The molecule has 0 bridgehead atoms. The van der Waals surface area contributed by atoms with E-state index >= 15 is 0 Å². The molecule has 2 unspecified atom stereocenters. The molecule has 0 aliphatic rings. The highest BCUT2D eigenvalue weighted by Crippen LogP contribution is 2.18. The maximum absolute atomic E-state index is 12.4. The van der Waals surface area contributed by atoms with Gasteiger partial charge < -0.3 is 5.11 Å². The molecule has 0 saturated carbocycles. The first-order valence-corrected chi connectivity index (χ1v) is 8.06. The van der Waals surface area contributed by atoms with E-state index in [1.165, 1.54) is 6.20 Å². The minimum atomic E-state index is -1.56. The van der Waals surface area contributed by atoms with Crippen LogP contribution in [0, 0.1) is 0 Å². The smallest absolute Gasteiger partial charge is 0.319 e. The molecule has 1 N–H and O–H groups in total. The molecule has 0 saturated heterocycles. The molecule has 1 heterocycles. The average Bonchev–Trinajstić information content (AvgIpc) is 2.48. The van der Waals surface area contributed by atoms with E-state index in [1.807, 2.05) is 30.3 Å². The number of carboxylic acid groups (broad SMARTS) is 1. The predicted octanol–water partition coefficient (Wildman–Crippen LogP) is 2.68. The highest BCUT2D eigenvalue weighted by atomic mass is 35.5. The molecule has 110 valence electrons. The van der Waals surface area contributed by atoms with Gasteiger partial charge in [0.2, 0.25) is 0 Å². The molecule has 0 spiro atoms. The van der Waals surface area contributed by atoms with Crippen molar-refractivity contribution in [3.63, 3.8) is 0 Å². The summed E-state index contributed by atoms with van der Waals surface area (Å²) in [5, 5.41) is 8.75. The van der Waals surface area contributed by atoms with Crippen molar-refractivity contribution in [3.8, 4) is 0 Å². The molecule has 0 radical (unpaired) electrons. The molecule has 4 nitrogen and oxygen atoms in total. The second-order valence-corrected chi connectivity index (χ2v) is 6.54. The van der Waals surface area contributed by atoms with E-state index < -0.39 is 22.0 Å². The molecule has 2 aromatic rings. The lowest BCUT2D eigenvalue weighted by Gasteiger charge is -2.13. The van der Waals surface area contributed by atoms with Crippen molar-refractivity contribution in [2.45, 2.75) is 17.4 Å². The van der Waals surface area contributed by atoms with Crippen molar-refractivity contribution < 1.29 is 14.1 Å². The van der Waals surface area contributed by atoms with Crippen molar-refractivity contribution >= 4 is 28.4 Å². The van der Waals surface area contributed by atoms with Crippen LogP contribution in [0.4, 0.5) is 0 Å². The number of carbonyl (C=O) groups is 1. The van der Waals surface area contributed by atoms with Crippen molar-refractivity contribution in [1.82, 2.24) is 4.98 Å². The average molecular weight is 324 g/mol. The summed E-state index contributed by atoms with van der Waals surface area (Å²) in [6, 6.07) is 10.8. The number of carboxylic acids is 1. The molecule has 0 aliphatic carbocycles. The summed E-state index contributed by atoms with van der Waals surface area (Å²) in [6.07, 6.45) is 3.23. The van der Waals surface area contributed by atoms with Gasteiger partial charge in [0, 0.05) is 23.2 Å². The SMILES string of the molecule is O=C(O)C(Cc1ccccc1)S(=O)Cc1ccncc1Cl. The van der Waals surface area contributed by atoms with Gasteiger partial charge in [0.05, 0.1) is 10.8 Å². The summed E-state index contributed by atoms with van der Waals surface area (Å²) in [5.74, 6) is -0.965. The molecular weight excluding hydrogens is 310 g/mol. The summed E-state index contributed by atoms with van der Waals surface area (Å²) in [6.45, 7) is 0. The van der Waals surface area contributed by atoms with E-state index in [1.54, 1.807) is 12.3 Å². The van der Waals surface area contributed by atoms with Crippen LogP contribution in [0.5, 0.6) is 0 Å². The van der Waals surface area contributed by atoms with Gasteiger partial charge >= 0.3 is 5.97 Å². The molecule has 21 heavy (non-hydrogen) atoms. The highest BCUT2D eigenvalue weighted by Gasteiger charge is 2.25. The van der Waals surface area contributed by atoms with Crippen molar-refractivity contribution in [2.75, 3.05) is 0 Å². The Morgan fingerprint density at radius 2 is 2.00 bits per heavy atom. The van der Waals surface area contributed by atoms with Gasteiger partial charge in [0.15, 0.2) is 0 Å². The molecule has 0 fully saturated rings. The van der Waals surface area contributed by atoms with Gasteiger partial charge in [-0.25, -0.2) is 0 Å². The van der Waals surface area contributed by atoms with E-state index in [9.17, 15) is 14.1 Å². The van der Waals surface area contributed by atoms with E-state index in [2.05, 4.69) is 4.98 Å². The fourth-order valence-electron chi connectivity index (χ4n) is 1.90. The molecule has 2 rings (SSSR count). The first-order chi connectivity index (χ1) is 10.1. The Morgan fingerprint density at radius 1 is 1.29 bits per heavy atom. The monoisotopic (exact) mass is 323 g/mol. The Kier molecular flexibility index (Phi) is 5.47. The predicted molar refractivity (Wildman–Crippen MR) is 82.7 cm³/mol. The Hall–Kier alpha value is -1.72. The van der Waals surface area contributed by atoms with Gasteiger partial charge in [-0.2, -0.15) is 0 Å². The summed E-state index contributed by atoms with van der Waals surface area (Å²) in [7, 11) is -1.56. The zero-order valence-corrected chi connectivity index (χ0v) is 12.7. The van der Waals surface area contributed by atoms with E-state index in [4.69, 9.17) is 11.6 Å². The standard InChI is InChI=1S/C15H14ClNO3S/c16-13-9-17-7-6-12(13)10-21(20)14(15(18)19)8-11-4-2-1-3-5-11/h1-7,9,14H,8,10H2,(H,18,19). The second kappa shape index (κ2) is 7.33. The largest absolute Gasteiger partial charge is 0.480 e. The third kappa shape index (κ3) is 4.37. The molecule has 1 aromatic carbocycles. The van der Waals surface area contributed by atoms with Crippen LogP contribution in [0.15, 0.2) is 48.8 Å². The van der Waals surface area contributed by atoms with Crippen LogP contribution in [-0.4, -0.2) is 25.5 Å². The van der Waals surface area contributed by atoms with Crippen LogP contribution >= 0.6 is 11.6 Å². The van der Waals surface area contributed by atoms with Crippen LogP contribution in [0.1, 0.15) is 11.1 Å². The highest BCUT2D eigenvalue weighted by molar-refractivity contribution is 7.85. The van der Waals surface area contributed by atoms with Crippen LogP contribution in [0.25, 0.3) is 0 Å². The number of nitrogens with zero attached hydrogens (tertiary/aromatic N) is 1. The topological polar surface area (TPSA) is 67.3 Å². The van der Waals surface area contributed by atoms with E-state index in [0.29, 0.717) is 10.6 Å². The van der Waals surface area contributed by atoms with Gasteiger partial charge in [-0.15, -0.1) is 0 Å². The van der Waals surface area contributed by atoms with Crippen LogP contribution in [0.3, 0.4) is 0 Å². The minimum absolute atomic E-state index is 0.102. The molecule has 6 heteroatoms. The third-order valence-corrected chi connectivity index (χ3v) is 4.95. The Labute approximate surface area is 130 Å². The lowest BCUT2D eigenvalue weighted by atomic mass is 10.1. The minimum Gasteiger partial charge on any atom is -0.480 e. The van der Waals surface area contributed by atoms with E-state index in [-0.39, 0.29) is 12.2 Å². The van der Waals surface area contributed by atoms with Crippen molar-refractivity contribution in [3.05, 3.63) is 64.9 Å². The number of aromatic nitrogens is 1. The van der Waals surface area contributed by atoms with Crippen molar-refractivity contribution in [1.29, 1.82) is 0 Å².